The summed E-state index contributed by atoms with van der Waals surface area (Å²) in [6, 6.07) is 6.15. The molecule has 0 radical (unpaired) electrons. The first-order valence-corrected chi connectivity index (χ1v) is 7.94. The largest absolute Gasteiger partial charge is 0.494 e. The molecule has 0 aliphatic rings. The fourth-order valence-corrected chi connectivity index (χ4v) is 3.10. The van der Waals surface area contributed by atoms with E-state index in [1.165, 1.54) is 11.1 Å². The Balaban J connectivity index is 2.58. The molecule has 2 rings (SSSR count). The SMILES string of the molecule is CCOc1ccc(Br)cc1C(NC)c1c(C)oc(C)c1C. The molecule has 0 bridgehead atoms. The summed E-state index contributed by atoms with van der Waals surface area (Å²) < 4.78 is 12.6. The van der Waals surface area contributed by atoms with Crippen molar-refractivity contribution in [1.82, 2.24) is 5.32 Å². The monoisotopic (exact) mass is 351 g/mol. The van der Waals surface area contributed by atoms with Crippen LogP contribution < -0.4 is 10.1 Å². The topological polar surface area (TPSA) is 34.4 Å². The third-order valence-corrected chi connectivity index (χ3v) is 4.27. The molecule has 0 aliphatic heterocycles. The molecule has 2 aromatic rings. The molecule has 0 fully saturated rings. The molecule has 0 amide bonds. The molecular weight excluding hydrogens is 330 g/mol. The fourth-order valence-electron chi connectivity index (χ4n) is 2.72. The standard InChI is InChI=1S/C17H22BrNO2/c1-6-20-15-8-7-13(18)9-14(15)17(19-5)16-10(2)11(3)21-12(16)4/h7-9,17,19H,6H2,1-5H3. The highest BCUT2D eigenvalue weighted by molar-refractivity contribution is 9.10. The van der Waals surface area contributed by atoms with E-state index in [0.717, 1.165) is 27.3 Å². The lowest BCUT2D eigenvalue weighted by Gasteiger charge is -2.21. The van der Waals surface area contributed by atoms with E-state index in [9.17, 15) is 0 Å². The van der Waals surface area contributed by atoms with Crippen LogP contribution >= 0.6 is 15.9 Å². The second-order valence-electron chi connectivity index (χ2n) is 5.09. The molecule has 3 nitrogen and oxygen atoms in total. The van der Waals surface area contributed by atoms with Gasteiger partial charge >= 0.3 is 0 Å². The van der Waals surface area contributed by atoms with Gasteiger partial charge in [-0.2, -0.15) is 0 Å². The fraction of sp³-hybridized carbons (Fsp3) is 0.412. The van der Waals surface area contributed by atoms with Crippen LogP contribution in [0.1, 0.15) is 41.2 Å². The second kappa shape index (κ2) is 6.67. The van der Waals surface area contributed by atoms with Gasteiger partial charge in [0, 0.05) is 15.6 Å². The molecule has 1 heterocycles. The van der Waals surface area contributed by atoms with Crippen molar-refractivity contribution < 1.29 is 9.15 Å². The Morgan fingerprint density at radius 3 is 2.48 bits per heavy atom. The number of hydrogen-bond donors (Lipinski definition) is 1. The molecule has 21 heavy (non-hydrogen) atoms. The Hall–Kier alpha value is -1.26. The summed E-state index contributed by atoms with van der Waals surface area (Å²) in [5.41, 5.74) is 3.49. The zero-order chi connectivity index (χ0) is 15.6. The minimum absolute atomic E-state index is 0.0431. The van der Waals surface area contributed by atoms with Crippen LogP contribution in [-0.2, 0) is 0 Å². The molecular formula is C17H22BrNO2. The molecule has 1 N–H and O–H groups in total. The van der Waals surface area contributed by atoms with Crippen LogP contribution in [0.5, 0.6) is 5.75 Å². The van der Waals surface area contributed by atoms with Crippen molar-refractivity contribution in [2.45, 2.75) is 33.7 Å². The first-order valence-electron chi connectivity index (χ1n) is 7.15. The van der Waals surface area contributed by atoms with E-state index in [2.05, 4.69) is 34.2 Å². The molecule has 114 valence electrons. The highest BCUT2D eigenvalue weighted by Gasteiger charge is 2.24. The third kappa shape index (κ3) is 3.16. The van der Waals surface area contributed by atoms with Crippen LogP contribution in [0.3, 0.4) is 0 Å². The zero-order valence-electron chi connectivity index (χ0n) is 13.2. The van der Waals surface area contributed by atoms with Gasteiger partial charge in [-0.15, -0.1) is 0 Å². The summed E-state index contributed by atoms with van der Waals surface area (Å²) in [5, 5.41) is 3.39. The van der Waals surface area contributed by atoms with Gasteiger partial charge in [0.25, 0.3) is 0 Å². The van der Waals surface area contributed by atoms with E-state index < -0.39 is 0 Å². The number of nitrogens with one attached hydrogen (secondary N) is 1. The molecule has 1 aromatic heterocycles. The van der Waals surface area contributed by atoms with Gasteiger partial charge < -0.3 is 14.5 Å². The van der Waals surface area contributed by atoms with Gasteiger partial charge in [-0.3, -0.25) is 0 Å². The van der Waals surface area contributed by atoms with Crippen LogP contribution in [0.15, 0.2) is 27.1 Å². The summed E-state index contributed by atoms with van der Waals surface area (Å²) in [4.78, 5) is 0. The van der Waals surface area contributed by atoms with Gasteiger partial charge in [-0.1, -0.05) is 15.9 Å². The molecule has 1 unspecified atom stereocenters. The Labute approximate surface area is 134 Å². The number of ether oxygens (including phenoxy) is 1. The van der Waals surface area contributed by atoms with Gasteiger partial charge in [-0.25, -0.2) is 0 Å². The summed E-state index contributed by atoms with van der Waals surface area (Å²) in [7, 11) is 1.96. The number of benzene rings is 1. The molecule has 0 saturated heterocycles. The van der Waals surface area contributed by atoms with Crippen LogP contribution in [0, 0.1) is 20.8 Å². The quantitative estimate of drug-likeness (QED) is 0.849. The van der Waals surface area contributed by atoms with Crippen LogP contribution in [0.25, 0.3) is 0 Å². The maximum atomic E-state index is 5.79. The predicted octanol–water partition coefficient (Wildman–Crippen LogP) is 4.67. The summed E-state index contributed by atoms with van der Waals surface area (Å²) in [6.07, 6.45) is 0. The smallest absolute Gasteiger partial charge is 0.124 e. The zero-order valence-corrected chi connectivity index (χ0v) is 14.8. The first kappa shape index (κ1) is 16.1. The Kier molecular flexibility index (Phi) is 5.12. The molecule has 1 atom stereocenters. The number of furan rings is 1. The van der Waals surface area contributed by atoms with E-state index in [4.69, 9.17) is 9.15 Å². The van der Waals surface area contributed by atoms with Crippen molar-refractivity contribution >= 4 is 15.9 Å². The molecule has 4 heteroatoms. The molecule has 0 saturated carbocycles. The van der Waals surface area contributed by atoms with Gasteiger partial charge in [-0.05, 0) is 58.5 Å². The Morgan fingerprint density at radius 2 is 1.95 bits per heavy atom. The van der Waals surface area contributed by atoms with Crippen LogP contribution in [0.4, 0.5) is 0 Å². The van der Waals surface area contributed by atoms with Gasteiger partial charge in [0.1, 0.15) is 17.3 Å². The Morgan fingerprint density at radius 1 is 1.24 bits per heavy atom. The van der Waals surface area contributed by atoms with Crippen molar-refractivity contribution in [2.75, 3.05) is 13.7 Å². The molecule has 1 aromatic carbocycles. The lowest BCUT2D eigenvalue weighted by Crippen LogP contribution is -2.20. The molecule has 0 aliphatic carbocycles. The van der Waals surface area contributed by atoms with Crippen molar-refractivity contribution in [3.8, 4) is 5.75 Å². The number of hydrogen-bond acceptors (Lipinski definition) is 3. The van der Waals surface area contributed by atoms with E-state index in [1.54, 1.807) is 0 Å². The maximum absolute atomic E-state index is 5.79. The average molecular weight is 352 g/mol. The number of rotatable bonds is 5. The molecule has 0 spiro atoms. The number of halogens is 1. The second-order valence-corrected chi connectivity index (χ2v) is 6.01. The third-order valence-electron chi connectivity index (χ3n) is 3.78. The highest BCUT2D eigenvalue weighted by Crippen LogP contribution is 2.36. The predicted molar refractivity (Wildman–Crippen MR) is 89.1 cm³/mol. The number of aryl methyl sites for hydroxylation is 2. The van der Waals surface area contributed by atoms with Gasteiger partial charge in [0.2, 0.25) is 0 Å². The van der Waals surface area contributed by atoms with E-state index in [1.807, 2.05) is 40.0 Å². The Bertz CT molecular complexity index is 634. The summed E-state index contributed by atoms with van der Waals surface area (Å²) >= 11 is 3.55. The first-order chi connectivity index (χ1) is 9.99. The normalized spacial score (nSPS) is 12.5. The summed E-state index contributed by atoms with van der Waals surface area (Å²) in [6.45, 7) is 8.76. The highest BCUT2D eigenvalue weighted by atomic mass is 79.9. The lowest BCUT2D eigenvalue weighted by atomic mass is 9.95. The minimum Gasteiger partial charge on any atom is -0.494 e. The van der Waals surface area contributed by atoms with E-state index in [0.29, 0.717) is 6.61 Å². The van der Waals surface area contributed by atoms with Crippen LogP contribution in [-0.4, -0.2) is 13.7 Å². The van der Waals surface area contributed by atoms with Crippen molar-refractivity contribution in [3.05, 3.63) is 50.9 Å². The van der Waals surface area contributed by atoms with Crippen molar-refractivity contribution in [2.24, 2.45) is 0 Å². The van der Waals surface area contributed by atoms with Gasteiger partial charge in [0.05, 0.1) is 12.6 Å². The van der Waals surface area contributed by atoms with Crippen molar-refractivity contribution in [1.29, 1.82) is 0 Å². The minimum atomic E-state index is 0.0431. The lowest BCUT2D eigenvalue weighted by molar-refractivity contribution is 0.334. The van der Waals surface area contributed by atoms with Crippen LogP contribution in [0.2, 0.25) is 0 Å². The average Bonchev–Trinajstić information content (AvgIpc) is 2.69. The van der Waals surface area contributed by atoms with Gasteiger partial charge in [0.15, 0.2) is 0 Å². The van der Waals surface area contributed by atoms with E-state index in [-0.39, 0.29) is 6.04 Å². The summed E-state index contributed by atoms with van der Waals surface area (Å²) in [5.74, 6) is 2.82. The van der Waals surface area contributed by atoms with Crippen molar-refractivity contribution in [3.63, 3.8) is 0 Å². The van der Waals surface area contributed by atoms with E-state index >= 15 is 0 Å². The maximum Gasteiger partial charge on any atom is 0.124 e.